The second-order valence-electron chi connectivity index (χ2n) is 12.0. The minimum atomic E-state index is -0.284. The number of piperidine rings is 1. The van der Waals surface area contributed by atoms with E-state index in [1.807, 2.05) is 36.4 Å². The van der Waals surface area contributed by atoms with Gasteiger partial charge in [0, 0.05) is 63.9 Å². The van der Waals surface area contributed by atoms with Gasteiger partial charge in [-0.3, -0.25) is 14.5 Å². The molecule has 3 aliphatic rings. The van der Waals surface area contributed by atoms with E-state index < -0.39 is 0 Å². The predicted molar refractivity (Wildman–Crippen MR) is 183 cm³/mol. The van der Waals surface area contributed by atoms with Crippen LogP contribution in [0, 0.1) is 11.3 Å². The van der Waals surface area contributed by atoms with Gasteiger partial charge in [-0.15, -0.1) is 0 Å². The molecule has 246 valence electrons. The number of anilines is 5. The van der Waals surface area contributed by atoms with E-state index in [4.69, 9.17) is 9.57 Å². The molecule has 3 saturated heterocycles. The molecule has 0 aliphatic carbocycles. The Bertz CT molecular complexity index is 1610. The van der Waals surface area contributed by atoms with Gasteiger partial charge in [-0.2, -0.15) is 5.26 Å². The maximum Gasteiger partial charge on any atom is 0.247 e. The Balaban J connectivity index is 1.21. The number of nitriles is 1. The van der Waals surface area contributed by atoms with Crippen molar-refractivity contribution in [3.63, 3.8) is 0 Å². The number of hydrogen-bond donors (Lipinski definition) is 2. The highest BCUT2D eigenvalue weighted by Crippen LogP contribution is 2.40. The molecule has 1 amide bonds. The fourth-order valence-corrected chi connectivity index (χ4v) is 6.78. The van der Waals surface area contributed by atoms with E-state index in [9.17, 15) is 10.1 Å². The monoisotopic (exact) mass is 637 g/mol. The Morgan fingerprint density at radius 2 is 1.89 bits per heavy atom. The number of hydroxylamine groups is 1. The van der Waals surface area contributed by atoms with Crippen molar-refractivity contribution < 1.29 is 14.4 Å². The van der Waals surface area contributed by atoms with Crippen LogP contribution in [0.15, 0.2) is 61.4 Å². The van der Waals surface area contributed by atoms with E-state index in [1.165, 1.54) is 12.4 Å². The van der Waals surface area contributed by atoms with Crippen LogP contribution in [-0.4, -0.2) is 91.2 Å². The summed E-state index contributed by atoms with van der Waals surface area (Å²) in [6.45, 7) is 13.8. The molecule has 3 aromatic rings. The fourth-order valence-electron chi connectivity index (χ4n) is 6.78. The van der Waals surface area contributed by atoms with E-state index in [1.54, 1.807) is 18.2 Å². The number of nitrogens with zero attached hydrogens (tertiary/aromatic N) is 7. The van der Waals surface area contributed by atoms with Crippen molar-refractivity contribution in [1.82, 2.24) is 19.8 Å². The van der Waals surface area contributed by atoms with Gasteiger partial charge in [0.1, 0.15) is 17.9 Å². The van der Waals surface area contributed by atoms with Crippen LogP contribution >= 0.6 is 0 Å². The first-order chi connectivity index (χ1) is 23.0. The molecule has 0 radical (unpaired) electrons. The first kappa shape index (κ1) is 32.2. The van der Waals surface area contributed by atoms with Gasteiger partial charge < -0.3 is 25.2 Å². The molecule has 1 aromatic heterocycles. The second kappa shape index (κ2) is 14.8. The first-order valence-corrected chi connectivity index (χ1v) is 16.4. The van der Waals surface area contributed by atoms with Gasteiger partial charge in [-0.05, 0) is 49.2 Å². The van der Waals surface area contributed by atoms with Crippen LogP contribution in [-0.2, 0) is 9.63 Å². The molecule has 6 rings (SSSR count). The average molecular weight is 638 g/mol. The lowest BCUT2D eigenvalue weighted by Crippen LogP contribution is -2.53. The lowest BCUT2D eigenvalue weighted by Gasteiger charge is -2.43. The van der Waals surface area contributed by atoms with Crippen LogP contribution in [0.4, 0.5) is 28.7 Å². The van der Waals surface area contributed by atoms with E-state index in [0.29, 0.717) is 47.0 Å². The molecular formula is C35H43N9O3. The smallest absolute Gasteiger partial charge is 0.247 e. The molecule has 12 heteroatoms. The van der Waals surface area contributed by atoms with Crippen LogP contribution in [0.25, 0.3) is 0 Å². The third kappa shape index (κ3) is 7.33. The molecule has 0 saturated carbocycles. The Kier molecular flexibility index (Phi) is 10.2. The van der Waals surface area contributed by atoms with Crippen molar-refractivity contribution in [2.24, 2.45) is 0 Å². The number of aromatic nitrogens is 2. The van der Waals surface area contributed by atoms with Crippen molar-refractivity contribution in [3.8, 4) is 11.8 Å². The van der Waals surface area contributed by atoms with Crippen molar-refractivity contribution in [2.45, 2.75) is 38.3 Å². The summed E-state index contributed by atoms with van der Waals surface area (Å²) in [6, 6.07) is 15.9. The number of ether oxygens (including phenoxy) is 1. The van der Waals surface area contributed by atoms with Crippen molar-refractivity contribution in [3.05, 3.63) is 72.6 Å². The minimum absolute atomic E-state index is 0.0920. The topological polar surface area (TPSA) is 122 Å². The van der Waals surface area contributed by atoms with Gasteiger partial charge in [-0.25, -0.2) is 15.0 Å². The molecule has 1 unspecified atom stereocenters. The standard InChI is InChI=1S/C35H43N9O3/c1-4-35(45)40-28-20-29(32(46-3)21-31(28)43-12-9-27(10-13-43)42-16-14-41(5-2)15-17-42)39-33-22-34(38-24-37-33)44-30(11-18-47-44)26-8-6-7-25(19-26)23-36/h4,6-8,19-22,24,27,30H,1,5,9-18H2,2-3H3,(H,40,45)(H,37,38,39). The number of nitrogens with one attached hydrogen (secondary N) is 2. The fraction of sp³-hybridized carbons (Fsp3) is 0.429. The number of methoxy groups -OCH3 is 1. The lowest BCUT2D eigenvalue weighted by atomic mass is 10.0. The molecule has 3 aliphatic heterocycles. The van der Waals surface area contributed by atoms with E-state index in [-0.39, 0.29) is 11.9 Å². The summed E-state index contributed by atoms with van der Waals surface area (Å²) < 4.78 is 5.86. The minimum Gasteiger partial charge on any atom is -0.494 e. The first-order valence-electron chi connectivity index (χ1n) is 16.4. The molecule has 12 nitrogen and oxygen atoms in total. The molecule has 0 bridgehead atoms. The highest BCUT2D eigenvalue weighted by atomic mass is 16.7. The van der Waals surface area contributed by atoms with Crippen LogP contribution in [0.1, 0.15) is 43.4 Å². The molecule has 4 heterocycles. The van der Waals surface area contributed by atoms with Crippen LogP contribution in [0.2, 0.25) is 0 Å². The van der Waals surface area contributed by atoms with Gasteiger partial charge in [0.25, 0.3) is 0 Å². The van der Waals surface area contributed by atoms with Gasteiger partial charge in [0.15, 0.2) is 5.82 Å². The number of benzene rings is 2. The normalized spacial score (nSPS) is 19.3. The molecule has 1 atom stereocenters. The largest absolute Gasteiger partial charge is 0.494 e. The summed E-state index contributed by atoms with van der Waals surface area (Å²) in [5.74, 6) is 1.46. The Hall–Kier alpha value is -4.70. The SMILES string of the molecule is C=CC(=O)Nc1cc(Nc2cc(N3OCCC3c3cccc(C#N)c3)ncn2)c(OC)cc1N1CCC(N2CCN(CC)CC2)CC1. The second-order valence-corrected chi connectivity index (χ2v) is 12.0. The summed E-state index contributed by atoms with van der Waals surface area (Å²) in [4.78, 5) is 35.0. The van der Waals surface area contributed by atoms with E-state index in [0.717, 1.165) is 76.3 Å². The van der Waals surface area contributed by atoms with Gasteiger partial charge >= 0.3 is 0 Å². The summed E-state index contributed by atoms with van der Waals surface area (Å²) in [5, 5.41) is 17.5. The van der Waals surface area contributed by atoms with Crippen LogP contribution in [0.5, 0.6) is 5.75 Å². The maximum atomic E-state index is 12.6. The Labute approximate surface area is 276 Å². The van der Waals surface area contributed by atoms with Crippen LogP contribution in [0.3, 0.4) is 0 Å². The van der Waals surface area contributed by atoms with E-state index in [2.05, 4.69) is 54.9 Å². The maximum absolute atomic E-state index is 12.6. The highest BCUT2D eigenvalue weighted by Gasteiger charge is 2.31. The summed E-state index contributed by atoms with van der Waals surface area (Å²) >= 11 is 0. The zero-order chi connectivity index (χ0) is 32.8. The third-order valence-corrected chi connectivity index (χ3v) is 9.38. The summed E-state index contributed by atoms with van der Waals surface area (Å²) in [7, 11) is 1.64. The van der Waals surface area contributed by atoms with Gasteiger partial charge in [0.2, 0.25) is 5.91 Å². The Morgan fingerprint density at radius 1 is 1.09 bits per heavy atom. The summed E-state index contributed by atoms with van der Waals surface area (Å²) in [5.41, 5.74) is 3.81. The zero-order valence-corrected chi connectivity index (χ0v) is 27.2. The Morgan fingerprint density at radius 3 is 2.62 bits per heavy atom. The third-order valence-electron chi connectivity index (χ3n) is 9.38. The number of piperazine rings is 1. The quantitative estimate of drug-likeness (QED) is 0.301. The highest BCUT2D eigenvalue weighted by molar-refractivity contribution is 6.02. The molecular weight excluding hydrogens is 594 g/mol. The van der Waals surface area contributed by atoms with Crippen molar-refractivity contribution in [2.75, 3.05) is 80.1 Å². The van der Waals surface area contributed by atoms with Crippen molar-refractivity contribution >= 4 is 34.6 Å². The number of hydrogen-bond acceptors (Lipinski definition) is 11. The van der Waals surface area contributed by atoms with Crippen molar-refractivity contribution in [1.29, 1.82) is 5.26 Å². The average Bonchev–Trinajstić information content (AvgIpc) is 3.62. The lowest BCUT2D eigenvalue weighted by molar-refractivity contribution is -0.111. The molecule has 47 heavy (non-hydrogen) atoms. The summed E-state index contributed by atoms with van der Waals surface area (Å²) in [6.07, 6.45) is 5.64. The number of likely N-dealkylation sites (N-methyl/N-ethyl adjacent to an activating group) is 1. The van der Waals surface area contributed by atoms with E-state index >= 15 is 0 Å². The zero-order valence-electron chi connectivity index (χ0n) is 27.2. The van der Waals surface area contributed by atoms with Gasteiger partial charge in [0.05, 0.1) is 48.5 Å². The molecule has 2 aromatic carbocycles. The predicted octanol–water partition coefficient (Wildman–Crippen LogP) is 4.71. The van der Waals surface area contributed by atoms with Crippen LogP contribution < -0.4 is 25.3 Å². The molecule has 3 fully saturated rings. The number of carbonyl (C=O) groups excluding carboxylic acids is 1. The number of rotatable bonds is 10. The molecule has 0 spiro atoms. The number of amides is 1. The molecule has 2 N–H and O–H groups in total. The number of carbonyl (C=O) groups is 1. The van der Waals surface area contributed by atoms with Gasteiger partial charge in [-0.1, -0.05) is 25.6 Å².